The molecule has 5 nitrogen and oxygen atoms in total. The van der Waals surface area contributed by atoms with E-state index >= 15 is 0 Å². The molecule has 0 radical (unpaired) electrons. The van der Waals surface area contributed by atoms with Crippen LogP contribution in [0.4, 0.5) is 5.82 Å². The fraction of sp³-hybridized carbons (Fsp3) is 0.385. The lowest BCUT2D eigenvalue weighted by Gasteiger charge is -2.28. The zero-order valence-electron chi connectivity index (χ0n) is 11.1. The lowest BCUT2D eigenvalue weighted by Crippen LogP contribution is -2.44. The van der Waals surface area contributed by atoms with Crippen LogP contribution in [0.1, 0.15) is 0 Å². The van der Waals surface area contributed by atoms with Crippen LogP contribution >= 0.6 is 24.0 Å². The first-order chi connectivity index (χ1) is 9.28. The number of hydrogen-bond donors (Lipinski definition) is 1. The summed E-state index contributed by atoms with van der Waals surface area (Å²) in [6, 6.07) is 5.61. The number of nitrogens with one attached hydrogen (secondary N) is 1. The fourth-order valence-corrected chi connectivity index (χ4v) is 2.46. The molecule has 1 aliphatic heterocycles. The molecule has 7 heteroatoms. The highest BCUT2D eigenvalue weighted by Gasteiger charge is 2.17. The summed E-state index contributed by atoms with van der Waals surface area (Å²) in [5.74, 6) is 1.53. The first-order valence-corrected chi connectivity index (χ1v) is 6.62. The van der Waals surface area contributed by atoms with Crippen LogP contribution in [0.5, 0.6) is 5.75 Å². The van der Waals surface area contributed by atoms with Gasteiger partial charge in [-0.3, -0.25) is 0 Å². The smallest absolute Gasteiger partial charge is 0.172 e. The molecule has 1 aromatic heterocycles. The zero-order chi connectivity index (χ0) is 13.2. The molecule has 1 N–H and O–H groups in total. The van der Waals surface area contributed by atoms with Crippen LogP contribution in [-0.4, -0.2) is 43.3 Å². The van der Waals surface area contributed by atoms with Crippen molar-refractivity contribution in [2.45, 2.75) is 0 Å². The van der Waals surface area contributed by atoms with Crippen LogP contribution in [0, 0.1) is 0 Å². The molecular weight excluding hydrogens is 299 g/mol. The van der Waals surface area contributed by atoms with Crippen LogP contribution in [0.25, 0.3) is 11.0 Å². The molecule has 0 bridgehead atoms. The number of aromatic nitrogens is 2. The number of nitrogens with zero attached hydrogens (tertiary/aromatic N) is 3. The molecular formula is C13H16Cl2N4O. The second-order valence-electron chi connectivity index (χ2n) is 4.43. The van der Waals surface area contributed by atoms with Crippen LogP contribution in [0.2, 0.25) is 5.15 Å². The second kappa shape index (κ2) is 6.43. The zero-order valence-corrected chi connectivity index (χ0v) is 12.7. The Labute approximate surface area is 128 Å². The molecule has 0 saturated carbocycles. The van der Waals surface area contributed by atoms with Crippen molar-refractivity contribution < 1.29 is 4.74 Å². The Kier molecular flexibility index (Phi) is 4.86. The summed E-state index contributed by atoms with van der Waals surface area (Å²) in [6.45, 7) is 3.66. The normalized spacial score (nSPS) is 15.0. The van der Waals surface area contributed by atoms with E-state index in [1.54, 1.807) is 7.11 Å². The molecule has 2 aromatic rings. The topological polar surface area (TPSA) is 50.3 Å². The van der Waals surface area contributed by atoms with Gasteiger partial charge in [-0.1, -0.05) is 11.6 Å². The van der Waals surface area contributed by atoms with Gasteiger partial charge in [-0.2, -0.15) is 0 Å². The Morgan fingerprint density at radius 2 is 1.95 bits per heavy atom. The number of hydrogen-bond acceptors (Lipinski definition) is 5. The minimum atomic E-state index is 0. The van der Waals surface area contributed by atoms with Gasteiger partial charge in [-0.15, -0.1) is 12.4 Å². The van der Waals surface area contributed by atoms with Gasteiger partial charge in [0.25, 0.3) is 0 Å². The molecule has 0 spiro atoms. The second-order valence-corrected chi connectivity index (χ2v) is 4.79. The largest absolute Gasteiger partial charge is 0.497 e. The number of anilines is 1. The maximum Gasteiger partial charge on any atom is 0.172 e. The highest BCUT2D eigenvalue weighted by Crippen LogP contribution is 2.26. The van der Waals surface area contributed by atoms with E-state index in [9.17, 15) is 0 Å². The van der Waals surface area contributed by atoms with E-state index in [0.29, 0.717) is 5.15 Å². The van der Waals surface area contributed by atoms with Gasteiger partial charge in [0, 0.05) is 32.2 Å². The average molecular weight is 315 g/mol. The third-order valence-electron chi connectivity index (χ3n) is 3.23. The lowest BCUT2D eigenvalue weighted by atomic mass is 10.3. The van der Waals surface area contributed by atoms with Crippen molar-refractivity contribution in [2.75, 3.05) is 38.2 Å². The molecule has 1 aliphatic rings. The third-order valence-corrected chi connectivity index (χ3v) is 3.48. The van der Waals surface area contributed by atoms with Gasteiger partial charge in [0.05, 0.1) is 18.1 Å². The number of ether oxygens (including phenoxy) is 1. The van der Waals surface area contributed by atoms with Gasteiger partial charge in [0.2, 0.25) is 0 Å². The highest BCUT2D eigenvalue weighted by molar-refractivity contribution is 6.32. The maximum absolute atomic E-state index is 6.24. The molecule has 20 heavy (non-hydrogen) atoms. The van der Waals surface area contributed by atoms with E-state index in [-0.39, 0.29) is 12.4 Å². The summed E-state index contributed by atoms with van der Waals surface area (Å²) in [5, 5.41) is 3.76. The molecule has 0 amide bonds. The van der Waals surface area contributed by atoms with Gasteiger partial charge < -0.3 is 15.0 Å². The predicted octanol–water partition coefficient (Wildman–Crippen LogP) is 2.12. The number of benzene rings is 1. The summed E-state index contributed by atoms with van der Waals surface area (Å²) in [5.41, 5.74) is 1.59. The van der Waals surface area contributed by atoms with Crippen molar-refractivity contribution >= 4 is 40.9 Å². The first kappa shape index (κ1) is 15.1. The van der Waals surface area contributed by atoms with Crippen LogP contribution in [-0.2, 0) is 0 Å². The molecule has 0 aliphatic carbocycles. The summed E-state index contributed by atoms with van der Waals surface area (Å²) >= 11 is 6.24. The van der Waals surface area contributed by atoms with E-state index in [1.165, 1.54) is 0 Å². The van der Waals surface area contributed by atoms with Crippen molar-refractivity contribution in [3.05, 3.63) is 23.4 Å². The van der Waals surface area contributed by atoms with E-state index in [1.807, 2.05) is 18.2 Å². The number of fused-ring (bicyclic) bond motifs is 1. The van der Waals surface area contributed by atoms with Crippen molar-refractivity contribution in [1.82, 2.24) is 15.3 Å². The molecule has 1 aromatic carbocycles. The summed E-state index contributed by atoms with van der Waals surface area (Å²) in [7, 11) is 1.64. The fourth-order valence-electron chi connectivity index (χ4n) is 2.21. The first-order valence-electron chi connectivity index (χ1n) is 6.25. The minimum absolute atomic E-state index is 0. The van der Waals surface area contributed by atoms with Gasteiger partial charge >= 0.3 is 0 Å². The Bertz CT molecular complexity index is 602. The average Bonchev–Trinajstić information content (AvgIpc) is 2.47. The van der Waals surface area contributed by atoms with Crippen molar-refractivity contribution in [3.8, 4) is 5.75 Å². The van der Waals surface area contributed by atoms with E-state index in [2.05, 4.69) is 20.2 Å². The van der Waals surface area contributed by atoms with Gasteiger partial charge in [-0.05, 0) is 12.1 Å². The van der Waals surface area contributed by atoms with Crippen molar-refractivity contribution in [1.29, 1.82) is 0 Å². The molecule has 3 rings (SSSR count). The summed E-state index contributed by atoms with van der Waals surface area (Å²) in [4.78, 5) is 11.2. The lowest BCUT2D eigenvalue weighted by molar-refractivity contribution is 0.415. The Balaban J connectivity index is 0.00000147. The Hall–Kier alpha value is -1.30. The number of piperazine rings is 1. The van der Waals surface area contributed by atoms with E-state index in [0.717, 1.165) is 48.8 Å². The number of halogens is 2. The van der Waals surface area contributed by atoms with E-state index in [4.69, 9.17) is 16.3 Å². The molecule has 0 atom stereocenters. The molecule has 1 saturated heterocycles. The van der Waals surface area contributed by atoms with Crippen LogP contribution < -0.4 is 15.0 Å². The highest BCUT2D eigenvalue weighted by atomic mass is 35.5. The van der Waals surface area contributed by atoms with Gasteiger partial charge in [0.1, 0.15) is 5.75 Å². The molecule has 1 fully saturated rings. The molecule has 0 unspecified atom stereocenters. The summed E-state index contributed by atoms with van der Waals surface area (Å²) < 4.78 is 5.21. The van der Waals surface area contributed by atoms with Crippen molar-refractivity contribution in [2.24, 2.45) is 0 Å². The van der Waals surface area contributed by atoms with Crippen LogP contribution in [0.15, 0.2) is 18.2 Å². The van der Waals surface area contributed by atoms with E-state index < -0.39 is 0 Å². The van der Waals surface area contributed by atoms with Gasteiger partial charge in [-0.25, -0.2) is 9.97 Å². The Morgan fingerprint density at radius 1 is 1.20 bits per heavy atom. The predicted molar refractivity (Wildman–Crippen MR) is 83.4 cm³/mol. The quantitative estimate of drug-likeness (QED) is 0.920. The monoisotopic (exact) mass is 314 g/mol. The van der Waals surface area contributed by atoms with Crippen molar-refractivity contribution in [3.63, 3.8) is 0 Å². The SMILES string of the molecule is COc1ccc2nc(Cl)c(N3CCNCC3)nc2c1.Cl. The minimum Gasteiger partial charge on any atom is -0.497 e. The number of rotatable bonds is 2. The van der Waals surface area contributed by atoms with Gasteiger partial charge in [0.15, 0.2) is 11.0 Å². The molecule has 2 heterocycles. The van der Waals surface area contributed by atoms with Crippen LogP contribution in [0.3, 0.4) is 0 Å². The summed E-state index contributed by atoms with van der Waals surface area (Å²) in [6.07, 6.45) is 0. The Morgan fingerprint density at radius 3 is 2.65 bits per heavy atom. The molecule has 108 valence electrons. The standard InChI is InChI=1S/C13H15ClN4O.ClH/c1-19-9-2-3-10-11(8-9)17-13(12(14)16-10)18-6-4-15-5-7-18;/h2-3,8,15H,4-7H2,1H3;1H. The third kappa shape index (κ3) is 2.90. The number of methoxy groups -OCH3 is 1. The maximum atomic E-state index is 6.24.